The van der Waals surface area contributed by atoms with Crippen LogP contribution in [0.2, 0.25) is 0 Å². The van der Waals surface area contributed by atoms with Gasteiger partial charge in [0.1, 0.15) is 12.6 Å². The molecule has 0 aromatic heterocycles. The Balaban J connectivity index is 1.79. The molecule has 4 aromatic rings. The fourth-order valence-corrected chi connectivity index (χ4v) is 6.47. The summed E-state index contributed by atoms with van der Waals surface area (Å²) in [6.07, 6.45) is 0.277. The van der Waals surface area contributed by atoms with Crippen molar-refractivity contribution in [1.82, 2.24) is 10.2 Å². The number of halogens is 1. The maximum atomic E-state index is 14.4. The summed E-state index contributed by atoms with van der Waals surface area (Å²) in [5, 5.41) is 2.88. The van der Waals surface area contributed by atoms with E-state index in [-0.39, 0.29) is 23.8 Å². The number of nitrogens with zero attached hydrogens (tertiary/aromatic N) is 2. The lowest BCUT2D eigenvalue weighted by atomic mass is 10.0. The van der Waals surface area contributed by atoms with Gasteiger partial charge in [0.05, 0.1) is 10.6 Å². The van der Waals surface area contributed by atoms with Crippen molar-refractivity contribution in [2.45, 2.75) is 37.8 Å². The van der Waals surface area contributed by atoms with Gasteiger partial charge in [-0.3, -0.25) is 13.9 Å². The number of likely N-dealkylation sites (N-methyl/N-ethyl adjacent to an activating group) is 1. The molecule has 0 bridgehead atoms. The summed E-state index contributed by atoms with van der Waals surface area (Å²) in [5.41, 5.74) is 3.10. The molecule has 0 aliphatic carbocycles. The molecule has 0 saturated carbocycles. The summed E-state index contributed by atoms with van der Waals surface area (Å²) >= 11 is 2.15. The van der Waals surface area contributed by atoms with Gasteiger partial charge in [-0.2, -0.15) is 0 Å². The molecule has 0 fully saturated rings. The summed E-state index contributed by atoms with van der Waals surface area (Å²) in [7, 11) is -4.11. The average Bonchev–Trinajstić information content (AvgIpc) is 3.00. The van der Waals surface area contributed by atoms with Gasteiger partial charge in [-0.1, -0.05) is 72.8 Å². The van der Waals surface area contributed by atoms with Crippen LogP contribution in [0.15, 0.2) is 114 Å². The SMILES string of the molecule is CCNC(=O)[C@@H](Cc1ccccc1)N(Cc1ccccc1C)C(=O)CN(c1ccc(I)cc1)S(=O)(=O)c1ccccc1. The molecule has 0 unspecified atom stereocenters. The number of hydrogen-bond acceptors (Lipinski definition) is 4. The molecule has 218 valence electrons. The second-order valence-electron chi connectivity index (χ2n) is 9.85. The van der Waals surface area contributed by atoms with Crippen molar-refractivity contribution < 1.29 is 18.0 Å². The Bertz CT molecular complexity index is 1600. The van der Waals surface area contributed by atoms with Crippen molar-refractivity contribution >= 4 is 50.1 Å². The maximum Gasteiger partial charge on any atom is 0.264 e. The normalized spacial score (nSPS) is 11.9. The third-order valence-corrected chi connectivity index (χ3v) is 9.46. The van der Waals surface area contributed by atoms with E-state index in [0.29, 0.717) is 12.2 Å². The molecule has 9 heteroatoms. The molecule has 4 rings (SSSR count). The van der Waals surface area contributed by atoms with E-state index in [2.05, 4.69) is 27.9 Å². The van der Waals surface area contributed by atoms with Crippen LogP contribution in [-0.4, -0.2) is 44.3 Å². The van der Waals surface area contributed by atoms with Crippen LogP contribution in [0.4, 0.5) is 5.69 Å². The number of amides is 2. The van der Waals surface area contributed by atoms with Gasteiger partial charge in [0.25, 0.3) is 10.0 Å². The van der Waals surface area contributed by atoms with Crippen molar-refractivity contribution in [2.24, 2.45) is 0 Å². The highest BCUT2D eigenvalue weighted by molar-refractivity contribution is 14.1. The molecule has 0 aliphatic heterocycles. The Morgan fingerprint density at radius 3 is 2.05 bits per heavy atom. The molecule has 0 aliphatic rings. The second kappa shape index (κ2) is 14.5. The van der Waals surface area contributed by atoms with E-state index < -0.39 is 28.5 Å². The standard InChI is InChI=1S/C33H34IN3O4S/c1-3-35-33(39)31(22-26-13-6-4-7-14-26)36(23-27-15-11-10-12-25(27)2)32(38)24-37(29-20-18-28(34)19-21-29)42(40,41)30-16-8-5-9-17-30/h4-21,31H,3,22-24H2,1-2H3,(H,35,39)/t31-/m1/s1. The molecule has 42 heavy (non-hydrogen) atoms. The fraction of sp³-hybridized carbons (Fsp3) is 0.212. The summed E-state index contributed by atoms with van der Waals surface area (Å²) < 4.78 is 30.0. The first-order valence-electron chi connectivity index (χ1n) is 13.7. The zero-order valence-electron chi connectivity index (χ0n) is 23.6. The number of hydrogen-bond donors (Lipinski definition) is 1. The van der Waals surface area contributed by atoms with Crippen LogP contribution in [0.25, 0.3) is 0 Å². The highest BCUT2D eigenvalue weighted by Crippen LogP contribution is 2.26. The number of rotatable bonds is 12. The number of anilines is 1. The predicted molar refractivity (Wildman–Crippen MR) is 174 cm³/mol. The number of carbonyl (C=O) groups is 2. The van der Waals surface area contributed by atoms with Gasteiger partial charge in [-0.15, -0.1) is 0 Å². The predicted octanol–water partition coefficient (Wildman–Crippen LogP) is 5.57. The summed E-state index contributed by atoms with van der Waals surface area (Å²) in [4.78, 5) is 29.5. The molecular formula is C33H34IN3O4S. The van der Waals surface area contributed by atoms with Gasteiger partial charge in [-0.05, 0) is 89.5 Å². The number of sulfonamides is 1. The van der Waals surface area contributed by atoms with Crippen LogP contribution in [-0.2, 0) is 32.6 Å². The van der Waals surface area contributed by atoms with Crippen LogP contribution in [0, 0.1) is 10.5 Å². The molecule has 4 aromatic carbocycles. The lowest BCUT2D eigenvalue weighted by Crippen LogP contribution is -2.53. The van der Waals surface area contributed by atoms with Gasteiger partial charge < -0.3 is 10.2 Å². The van der Waals surface area contributed by atoms with Gasteiger partial charge in [-0.25, -0.2) is 8.42 Å². The summed E-state index contributed by atoms with van der Waals surface area (Å²) in [6.45, 7) is 3.85. The molecule has 1 N–H and O–H groups in total. The van der Waals surface area contributed by atoms with E-state index in [4.69, 9.17) is 0 Å². The monoisotopic (exact) mass is 695 g/mol. The minimum Gasteiger partial charge on any atom is -0.355 e. The van der Waals surface area contributed by atoms with Crippen LogP contribution in [0.5, 0.6) is 0 Å². The Kier molecular flexibility index (Phi) is 10.8. The van der Waals surface area contributed by atoms with E-state index in [1.54, 1.807) is 42.5 Å². The van der Waals surface area contributed by atoms with Crippen LogP contribution in [0.1, 0.15) is 23.6 Å². The van der Waals surface area contributed by atoms with Gasteiger partial charge >= 0.3 is 0 Å². The topological polar surface area (TPSA) is 86.8 Å². The Hall–Kier alpha value is -3.70. The summed E-state index contributed by atoms with van der Waals surface area (Å²) in [5.74, 6) is -0.779. The summed E-state index contributed by atoms with van der Waals surface area (Å²) in [6, 6.07) is 31.4. The fourth-order valence-electron chi connectivity index (χ4n) is 4.67. The number of aryl methyl sites for hydroxylation is 1. The number of nitrogens with one attached hydrogen (secondary N) is 1. The smallest absolute Gasteiger partial charge is 0.264 e. The van der Waals surface area contributed by atoms with Crippen molar-refractivity contribution in [3.63, 3.8) is 0 Å². The average molecular weight is 696 g/mol. The second-order valence-corrected chi connectivity index (χ2v) is 13.0. The van der Waals surface area contributed by atoms with Crippen molar-refractivity contribution in [1.29, 1.82) is 0 Å². The molecule has 0 spiro atoms. The van der Waals surface area contributed by atoms with E-state index in [0.717, 1.165) is 24.6 Å². The lowest BCUT2D eigenvalue weighted by Gasteiger charge is -2.34. The molecule has 1 atom stereocenters. The lowest BCUT2D eigenvalue weighted by molar-refractivity contribution is -0.140. The van der Waals surface area contributed by atoms with Gasteiger partial charge in [0.15, 0.2) is 0 Å². The minimum atomic E-state index is -4.11. The van der Waals surface area contributed by atoms with E-state index >= 15 is 0 Å². The van der Waals surface area contributed by atoms with Crippen molar-refractivity contribution in [2.75, 3.05) is 17.4 Å². The zero-order valence-corrected chi connectivity index (χ0v) is 26.6. The Morgan fingerprint density at radius 2 is 1.43 bits per heavy atom. The first kappa shape index (κ1) is 31.2. The molecular weight excluding hydrogens is 661 g/mol. The quantitative estimate of drug-likeness (QED) is 0.197. The number of benzene rings is 4. The molecule has 0 saturated heterocycles. The Labute approximate surface area is 261 Å². The number of carbonyl (C=O) groups excluding carboxylic acids is 2. The minimum absolute atomic E-state index is 0.0753. The van der Waals surface area contributed by atoms with Crippen LogP contribution >= 0.6 is 22.6 Å². The van der Waals surface area contributed by atoms with Crippen LogP contribution in [0.3, 0.4) is 0 Å². The van der Waals surface area contributed by atoms with Crippen LogP contribution < -0.4 is 9.62 Å². The molecule has 7 nitrogen and oxygen atoms in total. The first-order chi connectivity index (χ1) is 20.2. The van der Waals surface area contributed by atoms with E-state index in [1.165, 1.54) is 17.0 Å². The first-order valence-corrected chi connectivity index (χ1v) is 16.2. The van der Waals surface area contributed by atoms with Gasteiger partial charge in [0, 0.05) is 23.1 Å². The third kappa shape index (κ3) is 7.77. The highest BCUT2D eigenvalue weighted by Gasteiger charge is 2.34. The highest BCUT2D eigenvalue weighted by atomic mass is 127. The maximum absolute atomic E-state index is 14.4. The third-order valence-electron chi connectivity index (χ3n) is 6.95. The van der Waals surface area contributed by atoms with E-state index in [1.807, 2.05) is 68.4 Å². The van der Waals surface area contributed by atoms with Crippen molar-refractivity contribution in [3.8, 4) is 0 Å². The molecule has 0 radical (unpaired) electrons. The van der Waals surface area contributed by atoms with E-state index in [9.17, 15) is 18.0 Å². The molecule has 2 amide bonds. The largest absolute Gasteiger partial charge is 0.355 e. The van der Waals surface area contributed by atoms with Gasteiger partial charge in [0.2, 0.25) is 11.8 Å². The Morgan fingerprint density at radius 1 is 0.833 bits per heavy atom. The van der Waals surface area contributed by atoms with Crippen molar-refractivity contribution in [3.05, 3.63) is 129 Å². The molecule has 0 heterocycles. The zero-order chi connectivity index (χ0) is 30.1.